The third kappa shape index (κ3) is 7.79. The molecule has 1 saturated heterocycles. The van der Waals surface area contributed by atoms with E-state index in [1.807, 2.05) is 0 Å². The highest BCUT2D eigenvalue weighted by molar-refractivity contribution is 5.94. The number of amides is 3. The van der Waals surface area contributed by atoms with Crippen LogP contribution in [0.5, 0.6) is 0 Å². The normalized spacial score (nSPS) is 19.3. The summed E-state index contributed by atoms with van der Waals surface area (Å²) in [7, 11) is 0. The highest BCUT2D eigenvalue weighted by Crippen LogP contribution is 2.07. The summed E-state index contributed by atoms with van der Waals surface area (Å²) in [6.07, 6.45) is 3.14. The van der Waals surface area contributed by atoms with E-state index in [0.29, 0.717) is 32.2 Å². The molecule has 28 heavy (non-hydrogen) atoms. The summed E-state index contributed by atoms with van der Waals surface area (Å²) < 4.78 is 0. The average molecular weight is 401 g/mol. The zero-order valence-corrected chi connectivity index (χ0v) is 16.1. The molecule has 0 radical (unpaired) electrons. The van der Waals surface area contributed by atoms with Gasteiger partial charge in [0.25, 0.3) is 0 Å². The van der Waals surface area contributed by atoms with E-state index in [1.54, 1.807) is 0 Å². The van der Waals surface area contributed by atoms with E-state index < -0.39 is 42.5 Å². The van der Waals surface area contributed by atoms with Gasteiger partial charge in [-0.1, -0.05) is 0 Å². The molecule has 11 nitrogen and oxygen atoms in total. The van der Waals surface area contributed by atoms with Crippen molar-refractivity contribution < 1.29 is 29.4 Å². The summed E-state index contributed by atoms with van der Waals surface area (Å²) >= 11 is 0. The van der Waals surface area contributed by atoms with Crippen LogP contribution in [0.1, 0.15) is 39.0 Å². The smallest absolute Gasteiger partial charge is 0.325 e. The Morgan fingerprint density at radius 1 is 1.11 bits per heavy atom. The minimum absolute atomic E-state index is 0.296. The molecule has 1 fully saturated rings. The summed E-state index contributed by atoms with van der Waals surface area (Å²) in [6, 6.07) is -3.75. The van der Waals surface area contributed by atoms with Gasteiger partial charge in [0.15, 0.2) is 0 Å². The van der Waals surface area contributed by atoms with Crippen molar-refractivity contribution >= 4 is 23.7 Å². The minimum Gasteiger partial charge on any atom is -0.480 e. The fourth-order valence-corrected chi connectivity index (χ4v) is 2.78. The van der Waals surface area contributed by atoms with Crippen LogP contribution in [0.25, 0.3) is 0 Å². The molecule has 0 bridgehead atoms. The van der Waals surface area contributed by atoms with Gasteiger partial charge in [-0.25, -0.2) is 0 Å². The molecule has 0 aliphatic carbocycles. The van der Waals surface area contributed by atoms with E-state index in [1.165, 1.54) is 6.92 Å². The van der Waals surface area contributed by atoms with Crippen LogP contribution in [-0.2, 0) is 19.2 Å². The molecule has 0 aromatic rings. The monoisotopic (exact) mass is 401 g/mol. The van der Waals surface area contributed by atoms with E-state index in [-0.39, 0.29) is 11.9 Å². The topological polar surface area (TPSA) is 183 Å². The van der Waals surface area contributed by atoms with Crippen LogP contribution in [0.2, 0.25) is 0 Å². The number of carbonyl (C=O) groups is 4. The zero-order chi connectivity index (χ0) is 21.1. The highest BCUT2D eigenvalue weighted by atomic mass is 16.4. The van der Waals surface area contributed by atoms with Crippen LogP contribution < -0.4 is 27.0 Å². The number of hydrogen-bond donors (Lipinski definition) is 7. The van der Waals surface area contributed by atoms with Gasteiger partial charge in [0.2, 0.25) is 17.7 Å². The van der Waals surface area contributed by atoms with Crippen molar-refractivity contribution in [1.82, 2.24) is 21.3 Å². The number of hydrogen-bond acceptors (Lipinski definition) is 7. The third-order valence-electron chi connectivity index (χ3n) is 4.50. The number of nitrogens with two attached hydrogens (primary N) is 1. The summed E-state index contributed by atoms with van der Waals surface area (Å²) in [5, 5.41) is 28.5. The lowest BCUT2D eigenvalue weighted by molar-refractivity contribution is -0.142. The molecule has 1 rings (SSSR count). The first-order valence-electron chi connectivity index (χ1n) is 9.48. The fraction of sp³-hybridized carbons (Fsp3) is 0.765. The molecule has 0 saturated carbocycles. The first kappa shape index (κ1) is 23.8. The minimum atomic E-state index is -1.33. The van der Waals surface area contributed by atoms with Crippen molar-refractivity contribution in [1.29, 1.82) is 0 Å². The molecular weight excluding hydrogens is 370 g/mol. The van der Waals surface area contributed by atoms with Gasteiger partial charge in [0.05, 0.1) is 12.6 Å². The lowest BCUT2D eigenvalue weighted by Crippen LogP contribution is -2.57. The van der Waals surface area contributed by atoms with Gasteiger partial charge in [-0.2, -0.15) is 0 Å². The maximum absolute atomic E-state index is 12.6. The van der Waals surface area contributed by atoms with Crippen molar-refractivity contribution in [3.8, 4) is 0 Å². The average Bonchev–Trinajstić information content (AvgIpc) is 3.19. The molecule has 3 amide bonds. The largest absolute Gasteiger partial charge is 0.480 e. The lowest BCUT2D eigenvalue weighted by atomic mass is 10.1. The van der Waals surface area contributed by atoms with Crippen molar-refractivity contribution in [2.24, 2.45) is 5.73 Å². The number of rotatable bonds is 12. The van der Waals surface area contributed by atoms with Gasteiger partial charge >= 0.3 is 5.97 Å². The van der Waals surface area contributed by atoms with Crippen LogP contribution in [-0.4, -0.2) is 77.8 Å². The number of unbranched alkanes of at least 4 members (excludes halogenated alkanes) is 1. The molecule has 0 aromatic carbocycles. The second kappa shape index (κ2) is 12.3. The molecule has 1 aliphatic rings. The summed E-state index contributed by atoms with van der Waals surface area (Å²) in [5.74, 6) is -2.99. The van der Waals surface area contributed by atoms with E-state index in [9.17, 15) is 24.3 Å². The molecule has 1 aliphatic heterocycles. The van der Waals surface area contributed by atoms with Crippen LogP contribution in [0.3, 0.4) is 0 Å². The Morgan fingerprint density at radius 3 is 2.32 bits per heavy atom. The summed E-state index contributed by atoms with van der Waals surface area (Å²) in [5.41, 5.74) is 5.47. The third-order valence-corrected chi connectivity index (χ3v) is 4.50. The second-order valence-corrected chi connectivity index (χ2v) is 6.81. The molecule has 0 spiro atoms. The molecule has 0 aromatic heterocycles. The fourth-order valence-electron chi connectivity index (χ4n) is 2.78. The van der Waals surface area contributed by atoms with E-state index in [4.69, 9.17) is 10.8 Å². The first-order chi connectivity index (χ1) is 13.3. The molecule has 11 heteroatoms. The van der Waals surface area contributed by atoms with Crippen molar-refractivity contribution in [3.63, 3.8) is 0 Å². The predicted molar refractivity (Wildman–Crippen MR) is 100 cm³/mol. The predicted octanol–water partition coefficient (Wildman–Crippen LogP) is -2.58. The van der Waals surface area contributed by atoms with Crippen molar-refractivity contribution in [2.45, 2.75) is 63.2 Å². The number of carboxylic acids is 1. The number of aliphatic hydroxyl groups excluding tert-OH is 1. The Hall–Kier alpha value is -2.24. The molecule has 4 unspecified atom stereocenters. The molecular formula is C17H31N5O6. The van der Waals surface area contributed by atoms with E-state index >= 15 is 0 Å². The van der Waals surface area contributed by atoms with Crippen LogP contribution in [0.15, 0.2) is 0 Å². The van der Waals surface area contributed by atoms with Gasteiger partial charge in [0, 0.05) is 0 Å². The van der Waals surface area contributed by atoms with E-state index in [2.05, 4.69) is 21.3 Å². The van der Waals surface area contributed by atoms with Gasteiger partial charge in [-0.05, 0) is 52.1 Å². The Morgan fingerprint density at radius 2 is 1.79 bits per heavy atom. The highest BCUT2D eigenvalue weighted by Gasteiger charge is 2.30. The molecule has 8 N–H and O–H groups in total. The Labute approximate surface area is 163 Å². The van der Waals surface area contributed by atoms with Crippen molar-refractivity contribution in [2.75, 3.05) is 19.7 Å². The zero-order valence-electron chi connectivity index (χ0n) is 16.1. The van der Waals surface area contributed by atoms with Crippen molar-refractivity contribution in [3.05, 3.63) is 0 Å². The SMILES string of the molecule is CC(NC(=O)C(CO)NC(=O)C(CCCCN)NC(=O)C1CCCN1)C(=O)O. The Bertz CT molecular complexity index is 552. The molecule has 160 valence electrons. The maximum atomic E-state index is 12.6. The number of carboxylic acid groups (broad SMARTS) is 1. The number of nitrogens with one attached hydrogen (secondary N) is 4. The summed E-state index contributed by atoms with van der Waals surface area (Å²) in [6.45, 7) is 1.73. The van der Waals surface area contributed by atoms with E-state index in [0.717, 1.165) is 13.0 Å². The van der Waals surface area contributed by atoms with Gasteiger partial charge in [-0.15, -0.1) is 0 Å². The second-order valence-electron chi connectivity index (χ2n) is 6.81. The van der Waals surface area contributed by atoms with Crippen LogP contribution >= 0.6 is 0 Å². The molecule has 1 heterocycles. The number of aliphatic hydroxyl groups is 1. The summed E-state index contributed by atoms with van der Waals surface area (Å²) in [4.78, 5) is 47.8. The first-order valence-corrected chi connectivity index (χ1v) is 9.48. The van der Waals surface area contributed by atoms with Gasteiger partial charge < -0.3 is 37.2 Å². The van der Waals surface area contributed by atoms with Gasteiger partial charge in [-0.3, -0.25) is 19.2 Å². The molecule has 4 atom stereocenters. The standard InChI is InChI=1S/C17H31N5O6/c1-10(17(27)28)20-16(26)13(9-23)22-15(25)12(5-2-3-7-18)21-14(24)11-6-4-8-19-11/h10-13,19,23H,2-9,18H2,1H3,(H,20,26)(H,21,24)(H,22,25)(H,27,28). The van der Waals surface area contributed by atoms with Crippen LogP contribution in [0, 0.1) is 0 Å². The van der Waals surface area contributed by atoms with Gasteiger partial charge in [0.1, 0.15) is 18.1 Å². The number of aliphatic carboxylic acids is 1. The Balaban J connectivity index is 2.71. The maximum Gasteiger partial charge on any atom is 0.325 e. The Kier molecular flexibility index (Phi) is 10.4. The quantitative estimate of drug-likeness (QED) is 0.174. The number of carbonyl (C=O) groups excluding carboxylic acids is 3. The lowest BCUT2D eigenvalue weighted by Gasteiger charge is -2.24. The van der Waals surface area contributed by atoms with Crippen LogP contribution in [0.4, 0.5) is 0 Å².